The predicted molar refractivity (Wildman–Crippen MR) is 116 cm³/mol. The van der Waals surface area contributed by atoms with Gasteiger partial charge < -0.3 is 9.64 Å². The number of carbonyl (C=O) groups excluding carboxylic acids is 1. The van der Waals surface area contributed by atoms with Crippen LogP contribution < -0.4 is 4.72 Å². The summed E-state index contributed by atoms with van der Waals surface area (Å²) >= 11 is 0. The highest BCUT2D eigenvalue weighted by Crippen LogP contribution is 2.22. The minimum atomic E-state index is -3.78. The summed E-state index contributed by atoms with van der Waals surface area (Å²) in [7, 11) is -7.54. The topological polar surface area (TPSA) is 113 Å². The van der Waals surface area contributed by atoms with E-state index in [1.165, 1.54) is 45.6 Å². The number of anilines is 1. The van der Waals surface area contributed by atoms with Crippen molar-refractivity contribution in [2.24, 2.45) is 0 Å². The van der Waals surface area contributed by atoms with E-state index in [2.05, 4.69) is 4.72 Å². The molecule has 0 unspecified atom stereocenters. The van der Waals surface area contributed by atoms with Crippen molar-refractivity contribution in [3.63, 3.8) is 0 Å². The minimum Gasteiger partial charge on any atom is -0.450 e. The summed E-state index contributed by atoms with van der Waals surface area (Å²) in [5.74, 6) is 0. The van der Waals surface area contributed by atoms with E-state index in [0.29, 0.717) is 0 Å². The van der Waals surface area contributed by atoms with Gasteiger partial charge in [0.1, 0.15) is 0 Å². The lowest BCUT2D eigenvalue weighted by Gasteiger charge is -2.33. The van der Waals surface area contributed by atoms with Crippen LogP contribution >= 0.6 is 0 Å². The molecule has 11 heteroatoms. The summed E-state index contributed by atoms with van der Waals surface area (Å²) in [6, 6.07) is 12.0. The first kappa shape index (κ1) is 23.0. The third-order valence-corrected chi connectivity index (χ3v) is 8.15. The van der Waals surface area contributed by atoms with Gasteiger partial charge in [-0.1, -0.05) is 17.7 Å². The lowest BCUT2D eigenvalue weighted by atomic mass is 10.2. The van der Waals surface area contributed by atoms with Crippen LogP contribution in [0.25, 0.3) is 0 Å². The molecule has 0 spiro atoms. The van der Waals surface area contributed by atoms with Gasteiger partial charge in [-0.15, -0.1) is 0 Å². The highest BCUT2D eigenvalue weighted by atomic mass is 32.2. The number of hydrogen-bond acceptors (Lipinski definition) is 6. The lowest BCUT2D eigenvalue weighted by Crippen LogP contribution is -2.50. The number of nitrogens with zero attached hydrogens (tertiary/aromatic N) is 2. The Morgan fingerprint density at radius 1 is 0.903 bits per heavy atom. The number of ether oxygens (including phenoxy) is 1. The third kappa shape index (κ3) is 5.35. The van der Waals surface area contributed by atoms with Gasteiger partial charge in [-0.3, -0.25) is 4.72 Å². The number of sulfonamides is 2. The first-order chi connectivity index (χ1) is 14.6. The molecule has 0 aromatic heterocycles. The Labute approximate surface area is 182 Å². The second-order valence-corrected chi connectivity index (χ2v) is 10.7. The van der Waals surface area contributed by atoms with Crippen molar-refractivity contribution in [1.82, 2.24) is 9.21 Å². The number of carbonyl (C=O) groups is 1. The summed E-state index contributed by atoms with van der Waals surface area (Å²) in [6.07, 6.45) is -0.454. The van der Waals surface area contributed by atoms with E-state index in [1.807, 2.05) is 6.92 Å². The molecular weight excluding hydrogens is 442 g/mol. The van der Waals surface area contributed by atoms with Gasteiger partial charge in [0.2, 0.25) is 10.0 Å². The average molecular weight is 468 g/mol. The maximum absolute atomic E-state index is 12.9. The van der Waals surface area contributed by atoms with Crippen LogP contribution in [0.3, 0.4) is 0 Å². The molecule has 1 amide bonds. The van der Waals surface area contributed by atoms with Crippen molar-refractivity contribution in [3.8, 4) is 0 Å². The van der Waals surface area contributed by atoms with Crippen molar-refractivity contribution in [2.45, 2.75) is 23.6 Å². The third-order valence-electron chi connectivity index (χ3n) is 4.84. The van der Waals surface area contributed by atoms with Crippen LogP contribution in [-0.4, -0.2) is 64.9 Å². The molecule has 1 aliphatic rings. The summed E-state index contributed by atoms with van der Waals surface area (Å²) in [6.45, 7) is 4.63. The molecule has 31 heavy (non-hydrogen) atoms. The number of aryl methyl sites for hydroxylation is 1. The quantitative estimate of drug-likeness (QED) is 0.697. The zero-order valence-corrected chi connectivity index (χ0v) is 18.9. The van der Waals surface area contributed by atoms with Gasteiger partial charge >= 0.3 is 6.09 Å². The van der Waals surface area contributed by atoms with Crippen LogP contribution in [0, 0.1) is 6.92 Å². The van der Waals surface area contributed by atoms with Crippen molar-refractivity contribution in [1.29, 1.82) is 0 Å². The number of nitrogens with one attached hydrogen (secondary N) is 1. The Morgan fingerprint density at radius 2 is 1.45 bits per heavy atom. The highest BCUT2D eigenvalue weighted by molar-refractivity contribution is 7.92. The second kappa shape index (κ2) is 9.25. The molecule has 1 N–H and O–H groups in total. The van der Waals surface area contributed by atoms with E-state index in [-0.39, 0.29) is 48.3 Å². The van der Waals surface area contributed by atoms with Gasteiger partial charge in [-0.2, -0.15) is 4.31 Å². The van der Waals surface area contributed by atoms with Gasteiger partial charge in [-0.05, 0) is 50.2 Å². The summed E-state index contributed by atoms with van der Waals surface area (Å²) < 4.78 is 59.5. The van der Waals surface area contributed by atoms with E-state index in [9.17, 15) is 21.6 Å². The van der Waals surface area contributed by atoms with Gasteiger partial charge in [0, 0.05) is 31.9 Å². The number of rotatable bonds is 6. The van der Waals surface area contributed by atoms with E-state index >= 15 is 0 Å². The first-order valence-corrected chi connectivity index (χ1v) is 12.7. The van der Waals surface area contributed by atoms with Gasteiger partial charge in [0.05, 0.1) is 16.4 Å². The molecule has 2 aromatic carbocycles. The average Bonchev–Trinajstić information content (AvgIpc) is 2.74. The Morgan fingerprint density at radius 3 is 2.00 bits per heavy atom. The maximum Gasteiger partial charge on any atom is 0.409 e. The molecule has 168 valence electrons. The molecule has 1 aliphatic heterocycles. The van der Waals surface area contributed by atoms with Crippen molar-refractivity contribution in [3.05, 3.63) is 54.1 Å². The Bertz CT molecular complexity index is 1120. The number of piperazine rings is 1. The standard InChI is InChI=1S/C20H25N3O6S2/c1-3-29-20(24)22-12-14-23(15-13-22)31(27,28)19-10-6-17(7-11-19)21-30(25,26)18-8-4-16(2)5-9-18/h4-11,21H,3,12-15H2,1-2H3. The molecule has 1 saturated heterocycles. The number of amides is 1. The molecule has 2 aromatic rings. The highest BCUT2D eigenvalue weighted by Gasteiger charge is 2.30. The summed E-state index contributed by atoms with van der Waals surface area (Å²) in [5.41, 5.74) is 1.20. The van der Waals surface area contributed by atoms with Crippen LogP contribution in [0.2, 0.25) is 0 Å². The fraction of sp³-hybridized carbons (Fsp3) is 0.350. The van der Waals surface area contributed by atoms with Gasteiger partial charge in [-0.25, -0.2) is 21.6 Å². The van der Waals surface area contributed by atoms with Crippen molar-refractivity contribution >= 4 is 31.8 Å². The Kier molecular flexibility index (Phi) is 6.87. The largest absolute Gasteiger partial charge is 0.450 e. The fourth-order valence-corrected chi connectivity index (χ4v) is 5.58. The van der Waals surface area contributed by atoms with Crippen molar-refractivity contribution < 1.29 is 26.4 Å². The van der Waals surface area contributed by atoms with Crippen LogP contribution in [0.5, 0.6) is 0 Å². The van der Waals surface area contributed by atoms with E-state index in [4.69, 9.17) is 4.74 Å². The van der Waals surface area contributed by atoms with Crippen LogP contribution in [0.1, 0.15) is 12.5 Å². The maximum atomic E-state index is 12.9. The second-order valence-electron chi connectivity index (χ2n) is 7.03. The van der Waals surface area contributed by atoms with Crippen LogP contribution in [-0.2, 0) is 24.8 Å². The van der Waals surface area contributed by atoms with Crippen LogP contribution in [0.15, 0.2) is 58.3 Å². The Hall–Kier alpha value is -2.63. The molecule has 0 aliphatic carbocycles. The molecule has 0 bridgehead atoms. The molecule has 9 nitrogen and oxygen atoms in total. The lowest BCUT2D eigenvalue weighted by molar-refractivity contribution is 0.0934. The zero-order chi connectivity index (χ0) is 22.6. The normalized spacial score (nSPS) is 15.5. The fourth-order valence-electron chi connectivity index (χ4n) is 3.10. The number of hydrogen-bond donors (Lipinski definition) is 1. The van der Waals surface area contributed by atoms with E-state index in [0.717, 1.165) is 5.56 Å². The van der Waals surface area contributed by atoms with Gasteiger partial charge in [0.25, 0.3) is 10.0 Å². The van der Waals surface area contributed by atoms with E-state index < -0.39 is 26.1 Å². The summed E-state index contributed by atoms with van der Waals surface area (Å²) in [5, 5.41) is 0. The van der Waals surface area contributed by atoms with Crippen molar-refractivity contribution in [2.75, 3.05) is 37.5 Å². The SMILES string of the molecule is CCOC(=O)N1CCN(S(=O)(=O)c2ccc(NS(=O)(=O)c3ccc(C)cc3)cc2)CC1. The zero-order valence-electron chi connectivity index (χ0n) is 17.3. The monoisotopic (exact) mass is 467 g/mol. The predicted octanol–water partition coefficient (Wildman–Crippen LogP) is 2.26. The molecule has 1 heterocycles. The molecular formula is C20H25N3O6S2. The van der Waals surface area contributed by atoms with E-state index in [1.54, 1.807) is 19.1 Å². The molecule has 3 rings (SSSR count). The smallest absolute Gasteiger partial charge is 0.409 e. The first-order valence-electron chi connectivity index (χ1n) is 9.75. The molecule has 0 saturated carbocycles. The molecule has 0 radical (unpaired) electrons. The summed E-state index contributed by atoms with van der Waals surface area (Å²) in [4.78, 5) is 13.4. The molecule has 0 atom stereocenters. The minimum absolute atomic E-state index is 0.0513. The molecule has 1 fully saturated rings. The van der Waals surface area contributed by atoms with Crippen LogP contribution in [0.4, 0.5) is 10.5 Å². The van der Waals surface area contributed by atoms with Gasteiger partial charge in [0.15, 0.2) is 0 Å². The number of benzene rings is 2. The Balaban J connectivity index is 1.68.